The monoisotopic (exact) mass is 262 g/mol. The van der Waals surface area contributed by atoms with Gasteiger partial charge >= 0.3 is 0 Å². The summed E-state index contributed by atoms with van der Waals surface area (Å²) in [5.74, 6) is 0.706. The van der Waals surface area contributed by atoms with Crippen molar-refractivity contribution in [2.45, 2.75) is 39.4 Å². The first-order valence-electron chi connectivity index (χ1n) is 6.33. The van der Waals surface area contributed by atoms with Crippen LogP contribution in [0.2, 0.25) is 0 Å². The molecule has 0 aliphatic rings. The molecule has 2 aromatic rings. The summed E-state index contributed by atoms with van der Waals surface area (Å²) in [5, 5.41) is 7.06. The molecule has 0 fully saturated rings. The highest BCUT2D eigenvalue weighted by atomic mass is 16.2. The Morgan fingerprint density at radius 3 is 3.05 bits per heavy atom. The average molecular weight is 262 g/mol. The molecule has 0 saturated heterocycles. The normalized spacial score (nSPS) is 12.3. The van der Waals surface area contributed by atoms with Crippen LogP contribution >= 0.6 is 0 Å². The smallest absolute Gasteiger partial charge is 0.240 e. The SMILES string of the molecule is CCCn1ncnc1[C@H](C)NC(=O)Cn1ccnc1. The quantitative estimate of drug-likeness (QED) is 0.833. The number of amides is 1. The lowest BCUT2D eigenvalue weighted by atomic mass is 10.3. The van der Waals surface area contributed by atoms with Crippen LogP contribution in [-0.2, 0) is 17.9 Å². The molecule has 0 spiro atoms. The Morgan fingerprint density at radius 1 is 1.53 bits per heavy atom. The van der Waals surface area contributed by atoms with Crippen LogP contribution in [0.25, 0.3) is 0 Å². The molecule has 7 nitrogen and oxygen atoms in total. The minimum atomic E-state index is -0.162. The number of nitrogens with zero attached hydrogens (tertiary/aromatic N) is 5. The van der Waals surface area contributed by atoms with Gasteiger partial charge in [-0.15, -0.1) is 0 Å². The molecular weight excluding hydrogens is 244 g/mol. The first-order valence-corrected chi connectivity index (χ1v) is 6.33. The fraction of sp³-hybridized carbons (Fsp3) is 0.500. The van der Waals surface area contributed by atoms with E-state index in [2.05, 4.69) is 27.3 Å². The molecule has 0 aliphatic heterocycles. The second-order valence-electron chi connectivity index (χ2n) is 4.37. The zero-order valence-corrected chi connectivity index (χ0v) is 11.2. The molecule has 2 aromatic heterocycles. The van der Waals surface area contributed by atoms with E-state index >= 15 is 0 Å². The highest BCUT2D eigenvalue weighted by Crippen LogP contribution is 2.08. The van der Waals surface area contributed by atoms with Gasteiger partial charge in [-0.3, -0.25) is 4.79 Å². The van der Waals surface area contributed by atoms with Crippen LogP contribution in [0.15, 0.2) is 25.0 Å². The maximum absolute atomic E-state index is 11.9. The van der Waals surface area contributed by atoms with E-state index in [0.29, 0.717) is 0 Å². The van der Waals surface area contributed by atoms with Gasteiger partial charge in [0, 0.05) is 18.9 Å². The molecule has 0 unspecified atom stereocenters. The van der Waals surface area contributed by atoms with Crippen LogP contribution in [0, 0.1) is 0 Å². The number of aryl methyl sites for hydroxylation is 1. The topological polar surface area (TPSA) is 77.6 Å². The maximum atomic E-state index is 11.9. The van der Waals surface area contributed by atoms with Gasteiger partial charge in [0.25, 0.3) is 0 Å². The van der Waals surface area contributed by atoms with Crippen molar-refractivity contribution < 1.29 is 4.79 Å². The van der Waals surface area contributed by atoms with Gasteiger partial charge in [-0.2, -0.15) is 5.10 Å². The first kappa shape index (κ1) is 13.3. The van der Waals surface area contributed by atoms with Gasteiger partial charge in [0.1, 0.15) is 18.7 Å². The molecule has 0 saturated carbocycles. The van der Waals surface area contributed by atoms with Gasteiger partial charge in [-0.1, -0.05) is 6.92 Å². The molecule has 19 heavy (non-hydrogen) atoms. The number of hydrogen-bond donors (Lipinski definition) is 1. The minimum Gasteiger partial charge on any atom is -0.345 e. The second kappa shape index (κ2) is 6.12. The Bertz CT molecular complexity index is 518. The summed E-state index contributed by atoms with van der Waals surface area (Å²) in [6, 6.07) is -0.162. The van der Waals surface area contributed by atoms with Gasteiger partial charge in [0.2, 0.25) is 5.91 Å². The molecule has 102 valence electrons. The predicted molar refractivity (Wildman–Crippen MR) is 69.1 cm³/mol. The summed E-state index contributed by atoms with van der Waals surface area (Å²) in [6.07, 6.45) is 7.51. The molecule has 2 rings (SSSR count). The van der Waals surface area contributed by atoms with Crippen molar-refractivity contribution >= 4 is 5.91 Å². The Morgan fingerprint density at radius 2 is 2.37 bits per heavy atom. The van der Waals surface area contributed by atoms with E-state index in [1.165, 1.54) is 6.33 Å². The van der Waals surface area contributed by atoms with E-state index in [0.717, 1.165) is 18.8 Å². The molecule has 0 aromatic carbocycles. The Kier molecular flexibility index (Phi) is 4.27. The van der Waals surface area contributed by atoms with E-state index in [4.69, 9.17) is 0 Å². The largest absolute Gasteiger partial charge is 0.345 e. The van der Waals surface area contributed by atoms with Crippen molar-refractivity contribution in [1.82, 2.24) is 29.6 Å². The molecule has 0 radical (unpaired) electrons. The maximum Gasteiger partial charge on any atom is 0.240 e. The Labute approximate surface area is 111 Å². The third-order valence-corrected chi connectivity index (χ3v) is 2.73. The zero-order chi connectivity index (χ0) is 13.7. The standard InChI is InChI=1S/C12H18N6O/c1-3-5-18-12(14-8-15-18)10(2)16-11(19)7-17-6-4-13-9-17/h4,6,8-10H,3,5,7H2,1-2H3,(H,16,19)/t10-/m0/s1. The van der Waals surface area contributed by atoms with Gasteiger partial charge in [-0.05, 0) is 13.3 Å². The molecule has 1 N–H and O–H groups in total. The molecule has 0 aliphatic carbocycles. The average Bonchev–Trinajstić information content (AvgIpc) is 3.00. The van der Waals surface area contributed by atoms with Crippen LogP contribution in [0.4, 0.5) is 0 Å². The second-order valence-corrected chi connectivity index (χ2v) is 4.37. The highest BCUT2D eigenvalue weighted by molar-refractivity contribution is 5.76. The Hall–Kier alpha value is -2.18. The van der Waals surface area contributed by atoms with Crippen LogP contribution < -0.4 is 5.32 Å². The Balaban J connectivity index is 1.94. The summed E-state index contributed by atoms with van der Waals surface area (Å²) in [7, 11) is 0. The van der Waals surface area contributed by atoms with Crippen molar-refractivity contribution in [3.8, 4) is 0 Å². The number of carbonyl (C=O) groups is 1. The fourth-order valence-electron chi connectivity index (χ4n) is 1.89. The summed E-state index contributed by atoms with van der Waals surface area (Å²) in [5.41, 5.74) is 0. The zero-order valence-electron chi connectivity index (χ0n) is 11.2. The number of rotatable bonds is 6. The number of nitrogens with one attached hydrogen (secondary N) is 1. The molecule has 1 atom stereocenters. The molecule has 1 amide bonds. The van der Waals surface area contributed by atoms with Crippen molar-refractivity contribution in [3.63, 3.8) is 0 Å². The molecule has 0 bridgehead atoms. The highest BCUT2D eigenvalue weighted by Gasteiger charge is 2.15. The van der Waals surface area contributed by atoms with Gasteiger partial charge < -0.3 is 9.88 Å². The fourth-order valence-corrected chi connectivity index (χ4v) is 1.89. The van der Waals surface area contributed by atoms with Crippen LogP contribution in [0.3, 0.4) is 0 Å². The number of aromatic nitrogens is 5. The lowest BCUT2D eigenvalue weighted by Crippen LogP contribution is -2.31. The van der Waals surface area contributed by atoms with Crippen LogP contribution in [0.1, 0.15) is 32.1 Å². The number of imidazole rings is 1. The lowest BCUT2D eigenvalue weighted by Gasteiger charge is -2.14. The number of carbonyl (C=O) groups excluding carboxylic acids is 1. The van der Waals surface area contributed by atoms with Gasteiger partial charge in [-0.25, -0.2) is 14.6 Å². The summed E-state index contributed by atoms with van der Waals surface area (Å²) in [6.45, 7) is 5.04. The van der Waals surface area contributed by atoms with Crippen molar-refractivity contribution in [1.29, 1.82) is 0 Å². The van der Waals surface area contributed by atoms with Crippen LogP contribution in [0.5, 0.6) is 0 Å². The summed E-state index contributed by atoms with van der Waals surface area (Å²) in [4.78, 5) is 20.0. The molecule has 7 heteroatoms. The van der Waals surface area contributed by atoms with Gasteiger partial charge in [0.05, 0.1) is 12.4 Å². The van der Waals surface area contributed by atoms with E-state index in [1.54, 1.807) is 23.3 Å². The lowest BCUT2D eigenvalue weighted by molar-refractivity contribution is -0.122. The van der Waals surface area contributed by atoms with E-state index < -0.39 is 0 Å². The third-order valence-electron chi connectivity index (χ3n) is 2.73. The van der Waals surface area contributed by atoms with Crippen LogP contribution in [-0.4, -0.2) is 30.2 Å². The summed E-state index contributed by atoms with van der Waals surface area (Å²) >= 11 is 0. The van der Waals surface area contributed by atoms with Crippen molar-refractivity contribution in [3.05, 3.63) is 30.9 Å². The van der Waals surface area contributed by atoms with E-state index in [9.17, 15) is 4.79 Å². The van der Waals surface area contributed by atoms with Crippen molar-refractivity contribution in [2.75, 3.05) is 0 Å². The van der Waals surface area contributed by atoms with E-state index in [1.807, 2.05) is 11.6 Å². The first-order chi connectivity index (χ1) is 9.20. The van der Waals surface area contributed by atoms with Gasteiger partial charge in [0.15, 0.2) is 0 Å². The molecule has 2 heterocycles. The summed E-state index contributed by atoms with van der Waals surface area (Å²) < 4.78 is 3.54. The predicted octanol–water partition coefficient (Wildman–Crippen LogP) is 0.762. The molecular formula is C12H18N6O. The van der Waals surface area contributed by atoms with Crippen molar-refractivity contribution in [2.24, 2.45) is 0 Å². The minimum absolute atomic E-state index is 0.0726. The third kappa shape index (κ3) is 3.40. The van der Waals surface area contributed by atoms with E-state index in [-0.39, 0.29) is 18.5 Å². The number of hydrogen-bond acceptors (Lipinski definition) is 4.